The molecule has 1 amide bonds. The summed E-state index contributed by atoms with van der Waals surface area (Å²) in [4.78, 5) is 11.5. The summed E-state index contributed by atoms with van der Waals surface area (Å²) in [5, 5.41) is 2.83. The molecule has 1 N–H and O–H groups in total. The Bertz CT molecular complexity index is 418. The maximum atomic E-state index is 11.5. The van der Waals surface area contributed by atoms with Gasteiger partial charge in [-0.15, -0.1) is 6.58 Å². The molecule has 0 aliphatic heterocycles. The number of hydrogen-bond acceptors (Lipinski definition) is 3. The Hall–Kier alpha value is -1.97. The average molecular weight is 263 g/mol. The fourth-order valence-corrected chi connectivity index (χ4v) is 1.87. The van der Waals surface area contributed by atoms with Gasteiger partial charge in [0.15, 0.2) is 0 Å². The second-order valence-electron chi connectivity index (χ2n) is 4.10. The molecule has 0 spiro atoms. The minimum Gasteiger partial charge on any atom is -0.496 e. The van der Waals surface area contributed by atoms with E-state index < -0.39 is 6.09 Å². The lowest BCUT2D eigenvalue weighted by atomic mass is 10.0. The van der Waals surface area contributed by atoms with Crippen LogP contribution in [0.25, 0.3) is 0 Å². The lowest BCUT2D eigenvalue weighted by Crippen LogP contribution is -2.36. The predicted octanol–water partition coefficient (Wildman–Crippen LogP) is 2.93. The van der Waals surface area contributed by atoms with Gasteiger partial charge in [0.25, 0.3) is 0 Å². The maximum absolute atomic E-state index is 11.5. The molecule has 0 aromatic heterocycles. The third-order valence-electron chi connectivity index (χ3n) is 2.71. The molecular weight excluding hydrogens is 242 g/mol. The van der Waals surface area contributed by atoms with E-state index in [1.807, 2.05) is 24.3 Å². The Morgan fingerprint density at radius 3 is 2.84 bits per heavy atom. The molecule has 0 fully saturated rings. The standard InChI is InChI=1S/C15H21NO3/c1-4-8-13(16-15(17)19-5-2)11-12-9-6-7-10-14(12)18-3/h4,6-7,9-10,13H,1,5,8,11H2,2-3H3,(H,16,17)/t13-/m0/s1. The van der Waals surface area contributed by atoms with E-state index in [0.29, 0.717) is 19.4 Å². The Kier molecular flexibility index (Phi) is 6.50. The molecule has 0 saturated carbocycles. The smallest absolute Gasteiger partial charge is 0.407 e. The average Bonchev–Trinajstić information content (AvgIpc) is 2.40. The van der Waals surface area contributed by atoms with Gasteiger partial charge in [-0.1, -0.05) is 24.3 Å². The molecule has 0 aliphatic carbocycles. The fourth-order valence-electron chi connectivity index (χ4n) is 1.87. The summed E-state index contributed by atoms with van der Waals surface area (Å²) in [6, 6.07) is 7.72. The van der Waals surface area contributed by atoms with E-state index in [0.717, 1.165) is 11.3 Å². The van der Waals surface area contributed by atoms with Crippen molar-refractivity contribution in [3.05, 3.63) is 42.5 Å². The van der Waals surface area contributed by atoms with Crippen LogP contribution in [0.1, 0.15) is 18.9 Å². The molecule has 1 aromatic carbocycles. The van der Waals surface area contributed by atoms with Crippen LogP contribution in [-0.2, 0) is 11.2 Å². The zero-order chi connectivity index (χ0) is 14.1. The number of benzene rings is 1. The third-order valence-corrected chi connectivity index (χ3v) is 2.71. The molecule has 0 radical (unpaired) electrons. The van der Waals surface area contributed by atoms with Crippen molar-refractivity contribution in [3.8, 4) is 5.75 Å². The van der Waals surface area contributed by atoms with Crippen molar-refractivity contribution < 1.29 is 14.3 Å². The van der Waals surface area contributed by atoms with Gasteiger partial charge in [-0.05, 0) is 31.4 Å². The number of para-hydroxylation sites is 1. The Balaban J connectivity index is 2.71. The lowest BCUT2D eigenvalue weighted by Gasteiger charge is -2.18. The van der Waals surface area contributed by atoms with Crippen LogP contribution in [0.15, 0.2) is 36.9 Å². The molecule has 0 unspecified atom stereocenters. The van der Waals surface area contributed by atoms with Gasteiger partial charge in [-0.2, -0.15) is 0 Å². The summed E-state index contributed by atoms with van der Waals surface area (Å²) >= 11 is 0. The van der Waals surface area contributed by atoms with Crippen LogP contribution in [0, 0.1) is 0 Å². The minimum atomic E-state index is -0.399. The lowest BCUT2D eigenvalue weighted by molar-refractivity contribution is 0.148. The van der Waals surface area contributed by atoms with Crippen LogP contribution in [0.3, 0.4) is 0 Å². The van der Waals surface area contributed by atoms with E-state index in [2.05, 4.69) is 11.9 Å². The predicted molar refractivity (Wildman–Crippen MR) is 75.5 cm³/mol. The van der Waals surface area contributed by atoms with E-state index >= 15 is 0 Å². The van der Waals surface area contributed by atoms with E-state index in [9.17, 15) is 4.79 Å². The summed E-state index contributed by atoms with van der Waals surface area (Å²) < 4.78 is 10.2. The topological polar surface area (TPSA) is 47.6 Å². The normalized spacial score (nSPS) is 11.5. The summed E-state index contributed by atoms with van der Waals surface area (Å²) in [7, 11) is 1.64. The highest BCUT2D eigenvalue weighted by atomic mass is 16.5. The van der Waals surface area contributed by atoms with Crippen molar-refractivity contribution in [3.63, 3.8) is 0 Å². The Labute approximate surface area is 114 Å². The molecule has 104 valence electrons. The number of carbonyl (C=O) groups is 1. The third kappa shape index (κ3) is 5.04. The van der Waals surface area contributed by atoms with Crippen LogP contribution >= 0.6 is 0 Å². The molecule has 0 heterocycles. The number of amides is 1. The second kappa shape index (κ2) is 8.19. The van der Waals surface area contributed by atoms with Gasteiger partial charge in [0.2, 0.25) is 0 Å². The zero-order valence-electron chi connectivity index (χ0n) is 11.5. The molecule has 0 bridgehead atoms. The highest BCUT2D eigenvalue weighted by Gasteiger charge is 2.14. The highest BCUT2D eigenvalue weighted by molar-refractivity contribution is 5.67. The number of hydrogen-bond donors (Lipinski definition) is 1. The number of carbonyl (C=O) groups excluding carboxylic acids is 1. The fraction of sp³-hybridized carbons (Fsp3) is 0.400. The van der Waals surface area contributed by atoms with Crippen molar-refractivity contribution in [2.75, 3.05) is 13.7 Å². The Morgan fingerprint density at radius 1 is 1.47 bits per heavy atom. The SMILES string of the molecule is C=CC[C@@H](Cc1ccccc1OC)NC(=O)OCC. The highest BCUT2D eigenvalue weighted by Crippen LogP contribution is 2.19. The van der Waals surface area contributed by atoms with Crippen molar-refractivity contribution >= 4 is 6.09 Å². The monoisotopic (exact) mass is 263 g/mol. The number of alkyl carbamates (subject to hydrolysis) is 1. The first kappa shape index (κ1) is 15.1. The summed E-state index contributed by atoms with van der Waals surface area (Å²) in [6.07, 6.45) is 2.74. The molecule has 19 heavy (non-hydrogen) atoms. The van der Waals surface area contributed by atoms with Crippen molar-refractivity contribution in [2.45, 2.75) is 25.8 Å². The zero-order valence-corrected chi connectivity index (χ0v) is 11.5. The minimum absolute atomic E-state index is 0.0483. The summed E-state index contributed by atoms with van der Waals surface area (Å²) in [5.41, 5.74) is 1.05. The summed E-state index contributed by atoms with van der Waals surface area (Å²) in [6.45, 7) is 5.86. The number of rotatable bonds is 7. The van der Waals surface area contributed by atoms with Gasteiger partial charge >= 0.3 is 6.09 Å². The molecule has 4 heteroatoms. The van der Waals surface area contributed by atoms with Crippen LogP contribution in [0.5, 0.6) is 5.75 Å². The van der Waals surface area contributed by atoms with Gasteiger partial charge < -0.3 is 14.8 Å². The molecule has 1 aromatic rings. The molecule has 4 nitrogen and oxygen atoms in total. The van der Waals surface area contributed by atoms with Crippen molar-refractivity contribution in [1.82, 2.24) is 5.32 Å². The molecule has 1 rings (SSSR count). The van der Waals surface area contributed by atoms with Gasteiger partial charge in [-0.25, -0.2) is 4.79 Å². The Morgan fingerprint density at radius 2 is 2.21 bits per heavy atom. The van der Waals surface area contributed by atoms with E-state index in [4.69, 9.17) is 9.47 Å². The van der Waals surface area contributed by atoms with Crippen LogP contribution < -0.4 is 10.1 Å². The molecule has 1 atom stereocenters. The van der Waals surface area contributed by atoms with Crippen LogP contribution in [0.4, 0.5) is 4.79 Å². The molecular formula is C15H21NO3. The van der Waals surface area contributed by atoms with E-state index in [1.54, 1.807) is 20.1 Å². The number of ether oxygens (including phenoxy) is 2. The van der Waals surface area contributed by atoms with Crippen molar-refractivity contribution in [1.29, 1.82) is 0 Å². The van der Waals surface area contributed by atoms with Gasteiger partial charge in [0, 0.05) is 6.04 Å². The van der Waals surface area contributed by atoms with Crippen LogP contribution in [0.2, 0.25) is 0 Å². The van der Waals surface area contributed by atoms with Gasteiger partial charge in [-0.3, -0.25) is 0 Å². The number of nitrogens with one attached hydrogen (secondary N) is 1. The maximum Gasteiger partial charge on any atom is 0.407 e. The quantitative estimate of drug-likeness (QED) is 0.769. The first-order valence-corrected chi connectivity index (χ1v) is 6.37. The molecule has 0 saturated heterocycles. The van der Waals surface area contributed by atoms with Gasteiger partial charge in [0.1, 0.15) is 5.75 Å². The first-order chi connectivity index (χ1) is 9.21. The van der Waals surface area contributed by atoms with Crippen LogP contribution in [-0.4, -0.2) is 25.9 Å². The van der Waals surface area contributed by atoms with E-state index in [1.165, 1.54) is 0 Å². The molecule has 0 aliphatic rings. The largest absolute Gasteiger partial charge is 0.496 e. The van der Waals surface area contributed by atoms with E-state index in [-0.39, 0.29) is 6.04 Å². The van der Waals surface area contributed by atoms with Gasteiger partial charge in [0.05, 0.1) is 13.7 Å². The first-order valence-electron chi connectivity index (χ1n) is 6.37. The summed E-state index contributed by atoms with van der Waals surface area (Å²) in [5.74, 6) is 0.822. The number of methoxy groups -OCH3 is 1. The second-order valence-corrected chi connectivity index (χ2v) is 4.10. The van der Waals surface area contributed by atoms with Crippen molar-refractivity contribution in [2.24, 2.45) is 0 Å².